The van der Waals surface area contributed by atoms with Crippen LogP contribution in [0.1, 0.15) is 38.5 Å². The molecule has 1 aliphatic heterocycles. The van der Waals surface area contributed by atoms with Crippen LogP contribution in [0.3, 0.4) is 0 Å². The van der Waals surface area contributed by atoms with Crippen LogP contribution in [0.15, 0.2) is 0 Å². The molecule has 1 atom stereocenters. The van der Waals surface area contributed by atoms with Crippen LogP contribution < -0.4 is 10.6 Å². The Bertz CT molecular complexity index is 295. The van der Waals surface area contributed by atoms with Crippen molar-refractivity contribution in [2.45, 2.75) is 44.6 Å². The van der Waals surface area contributed by atoms with Gasteiger partial charge in [0.05, 0.1) is 12.6 Å². The minimum absolute atomic E-state index is 0.0276. The molecule has 2 aliphatic rings. The van der Waals surface area contributed by atoms with Crippen molar-refractivity contribution in [2.75, 3.05) is 19.7 Å². The highest BCUT2D eigenvalue weighted by Crippen LogP contribution is 2.24. The van der Waals surface area contributed by atoms with Gasteiger partial charge in [0.25, 0.3) is 0 Å². The van der Waals surface area contributed by atoms with Crippen molar-refractivity contribution in [3.63, 3.8) is 0 Å². The van der Waals surface area contributed by atoms with Gasteiger partial charge in [0.1, 0.15) is 0 Å². The Balaban J connectivity index is 1.57. The molecule has 102 valence electrons. The average molecular weight is 254 g/mol. The van der Waals surface area contributed by atoms with Crippen molar-refractivity contribution < 1.29 is 14.3 Å². The molecule has 2 rings (SSSR count). The highest BCUT2D eigenvalue weighted by Gasteiger charge is 2.23. The molecular formula is C13H22N2O3. The van der Waals surface area contributed by atoms with Crippen molar-refractivity contribution in [2.24, 2.45) is 5.92 Å². The second-order valence-corrected chi connectivity index (χ2v) is 5.14. The van der Waals surface area contributed by atoms with Gasteiger partial charge in [-0.25, -0.2) is 0 Å². The van der Waals surface area contributed by atoms with E-state index in [1.54, 1.807) is 0 Å². The molecular weight excluding hydrogens is 232 g/mol. The first-order chi connectivity index (χ1) is 8.75. The summed E-state index contributed by atoms with van der Waals surface area (Å²) in [6, 6.07) is 0. The molecule has 0 spiro atoms. The molecule has 18 heavy (non-hydrogen) atoms. The lowest BCUT2D eigenvalue weighted by Gasteiger charge is -2.12. The molecule has 0 aromatic rings. The smallest absolute Gasteiger partial charge is 0.239 e. The van der Waals surface area contributed by atoms with E-state index in [2.05, 4.69) is 10.6 Å². The molecule has 1 heterocycles. The second kappa shape index (κ2) is 6.73. The van der Waals surface area contributed by atoms with Crippen molar-refractivity contribution in [1.29, 1.82) is 0 Å². The number of carbonyl (C=O) groups is 2. The standard InChI is InChI=1S/C13H22N2O3/c16-12(14-8-11-6-3-7-18-11)9-15-13(17)10-4-1-2-5-10/h10-11H,1-9H2,(H,14,16)(H,15,17). The van der Waals surface area contributed by atoms with E-state index in [-0.39, 0.29) is 30.4 Å². The van der Waals surface area contributed by atoms with Crippen LogP contribution in [-0.4, -0.2) is 37.6 Å². The number of nitrogens with one attached hydrogen (secondary N) is 2. The van der Waals surface area contributed by atoms with Gasteiger partial charge in [-0.2, -0.15) is 0 Å². The van der Waals surface area contributed by atoms with Gasteiger partial charge in [0.2, 0.25) is 11.8 Å². The number of ether oxygens (including phenoxy) is 1. The lowest BCUT2D eigenvalue weighted by Crippen LogP contribution is -2.41. The summed E-state index contributed by atoms with van der Waals surface area (Å²) in [5, 5.41) is 5.50. The minimum atomic E-state index is -0.128. The van der Waals surface area contributed by atoms with Crippen LogP contribution in [0.4, 0.5) is 0 Å². The zero-order valence-corrected chi connectivity index (χ0v) is 10.7. The molecule has 0 bridgehead atoms. The average Bonchev–Trinajstić information content (AvgIpc) is 3.05. The summed E-state index contributed by atoms with van der Waals surface area (Å²) in [7, 11) is 0. The molecule has 2 amide bonds. The SMILES string of the molecule is O=C(CNC(=O)C1CCCC1)NCC1CCCO1. The van der Waals surface area contributed by atoms with Gasteiger partial charge in [-0.3, -0.25) is 9.59 Å². The molecule has 2 fully saturated rings. The Kier molecular flexibility index (Phi) is 4.99. The van der Waals surface area contributed by atoms with Gasteiger partial charge in [-0.15, -0.1) is 0 Å². The molecule has 1 saturated heterocycles. The normalized spacial score (nSPS) is 24.1. The molecule has 5 heteroatoms. The summed E-state index contributed by atoms with van der Waals surface area (Å²) in [6.07, 6.45) is 6.41. The monoisotopic (exact) mass is 254 g/mol. The first-order valence-electron chi connectivity index (χ1n) is 6.91. The molecule has 2 N–H and O–H groups in total. The van der Waals surface area contributed by atoms with Crippen LogP contribution in [0.25, 0.3) is 0 Å². The largest absolute Gasteiger partial charge is 0.376 e. The number of rotatable bonds is 5. The summed E-state index contributed by atoms with van der Waals surface area (Å²) in [5.41, 5.74) is 0. The van der Waals surface area contributed by atoms with Crippen molar-refractivity contribution >= 4 is 11.8 Å². The number of carbonyl (C=O) groups excluding carboxylic acids is 2. The van der Waals surface area contributed by atoms with E-state index in [0.717, 1.165) is 45.1 Å². The van der Waals surface area contributed by atoms with E-state index in [4.69, 9.17) is 4.74 Å². The highest BCUT2D eigenvalue weighted by atomic mass is 16.5. The van der Waals surface area contributed by atoms with Crippen LogP contribution in [0.5, 0.6) is 0 Å². The Morgan fingerprint density at radius 2 is 1.83 bits per heavy atom. The van der Waals surface area contributed by atoms with Gasteiger partial charge >= 0.3 is 0 Å². The number of hydrogen-bond acceptors (Lipinski definition) is 3. The van der Waals surface area contributed by atoms with Crippen molar-refractivity contribution in [3.05, 3.63) is 0 Å². The quantitative estimate of drug-likeness (QED) is 0.754. The molecule has 0 aromatic carbocycles. The third-order valence-electron chi connectivity index (χ3n) is 3.70. The van der Waals surface area contributed by atoms with Crippen LogP contribution in [0.2, 0.25) is 0 Å². The van der Waals surface area contributed by atoms with Gasteiger partial charge < -0.3 is 15.4 Å². The predicted octanol–water partition coefficient (Wildman–Crippen LogP) is 0.588. The van der Waals surface area contributed by atoms with E-state index in [1.165, 1.54) is 0 Å². The maximum absolute atomic E-state index is 11.7. The number of amides is 2. The van der Waals surface area contributed by atoms with Gasteiger partial charge in [-0.05, 0) is 25.7 Å². The van der Waals surface area contributed by atoms with Crippen molar-refractivity contribution in [1.82, 2.24) is 10.6 Å². The fraction of sp³-hybridized carbons (Fsp3) is 0.846. The Morgan fingerprint density at radius 1 is 1.06 bits per heavy atom. The van der Waals surface area contributed by atoms with Gasteiger partial charge in [0.15, 0.2) is 0 Å². The van der Waals surface area contributed by atoms with Gasteiger partial charge in [0, 0.05) is 19.1 Å². The topological polar surface area (TPSA) is 67.4 Å². The van der Waals surface area contributed by atoms with Crippen LogP contribution in [-0.2, 0) is 14.3 Å². The van der Waals surface area contributed by atoms with E-state index in [9.17, 15) is 9.59 Å². The lowest BCUT2D eigenvalue weighted by molar-refractivity contribution is -0.128. The third kappa shape index (κ3) is 3.98. The molecule has 1 unspecified atom stereocenters. The molecule has 0 radical (unpaired) electrons. The van der Waals surface area contributed by atoms with E-state index in [0.29, 0.717) is 6.54 Å². The third-order valence-corrected chi connectivity index (χ3v) is 3.70. The van der Waals surface area contributed by atoms with E-state index >= 15 is 0 Å². The predicted molar refractivity (Wildman–Crippen MR) is 67.0 cm³/mol. The Labute approximate surface area is 108 Å². The lowest BCUT2D eigenvalue weighted by atomic mass is 10.1. The van der Waals surface area contributed by atoms with Crippen LogP contribution in [0, 0.1) is 5.92 Å². The summed E-state index contributed by atoms with van der Waals surface area (Å²) in [5.74, 6) is 0.0209. The molecule has 0 aromatic heterocycles. The van der Waals surface area contributed by atoms with Crippen molar-refractivity contribution in [3.8, 4) is 0 Å². The van der Waals surface area contributed by atoms with E-state index < -0.39 is 0 Å². The zero-order valence-electron chi connectivity index (χ0n) is 10.7. The molecule has 1 aliphatic carbocycles. The molecule has 1 saturated carbocycles. The van der Waals surface area contributed by atoms with E-state index in [1.807, 2.05) is 0 Å². The first kappa shape index (κ1) is 13.3. The Hall–Kier alpha value is -1.10. The zero-order chi connectivity index (χ0) is 12.8. The van der Waals surface area contributed by atoms with Gasteiger partial charge in [-0.1, -0.05) is 12.8 Å². The maximum Gasteiger partial charge on any atom is 0.239 e. The number of hydrogen-bond donors (Lipinski definition) is 2. The van der Waals surface area contributed by atoms with Crippen LogP contribution >= 0.6 is 0 Å². The minimum Gasteiger partial charge on any atom is -0.376 e. The first-order valence-corrected chi connectivity index (χ1v) is 6.91. The summed E-state index contributed by atoms with van der Waals surface area (Å²) >= 11 is 0. The summed E-state index contributed by atoms with van der Waals surface area (Å²) < 4.78 is 5.41. The second-order valence-electron chi connectivity index (χ2n) is 5.14. The Morgan fingerprint density at radius 3 is 2.50 bits per heavy atom. The highest BCUT2D eigenvalue weighted by molar-refractivity contribution is 5.85. The summed E-state index contributed by atoms with van der Waals surface area (Å²) in [6.45, 7) is 1.43. The fourth-order valence-corrected chi connectivity index (χ4v) is 2.60. The maximum atomic E-state index is 11.7. The fourth-order valence-electron chi connectivity index (χ4n) is 2.60. The summed E-state index contributed by atoms with van der Waals surface area (Å²) in [4.78, 5) is 23.2. The molecule has 5 nitrogen and oxygen atoms in total.